The number of hydrogen-bond acceptors (Lipinski definition) is 3. The molecule has 0 radical (unpaired) electrons. The number of carbonyl (C=O) groups excluding carboxylic acids is 1. The minimum atomic E-state index is -0.225. The zero-order chi connectivity index (χ0) is 17.9. The number of nitrogens with one attached hydrogen (secondary N) is 3. The van der Waals surface area contributed by atoms with Crippen LogP contribution in [0.4, 0.5) is 0 Å². The molecule has 3 N–H and O–H groups in total. The Balaban J connectivity index is 1.61. The van der Waals surface area contributed by atoms with Crippen molar-refractivity contribution in [1.29, 1.82) is 0 Å². The quantitative estimate of drug-likeness (QED) is 0.508. The largest absolute Gasteiger partial charge is 0.361 e. The number of benzene rings is 1. The Morgan fingerprint density at radius 2 is 1.92 bits per heavy atom. The Kier molecular flexibility index (Phi) is 4.41. The van der Waals surface area contributed by atoms with Gasteiger partial charge in [0, 0.05) is 46.7 Å². The molecule has 3 heterocycles. The number of aromatic amines is 2. The Bertz CT molecular complexity index is 1080. The van der Waals surface area contributed by atoms with E-state index in [4.69, 9.17) is 0 Å². The number of amides is 1. The summed E-state index contributed by atoms with van der Waals surface area (Å²) in [5.74, 6) is -0.152. The standard InChI is InChI=1S/C20H17N3O2S/c24-19-8-7-13(10-22-19)20(25)23-12-16(18-6-3-9-26-18)15-11-21-17-5-2-1-4-14(15)17/h1-11,16,21H,12H2,(H,22,24)(H,23,25). The molecule has 26 heavy (non-hydrogen) atoms. The molecule has 6 heteroatoms. The molecule has 0 fully saturated rings. The summed E-state index contributed by atoms with van der Waals surface area (Å²) in [6, 6.07) is 15.1. The lowest BCUT2D eigenvalue weighted by Crippen LogP contribution is -2.29. The smallest absolute Gasteiger partial charge is 0.252 e. The second-order valence-electron chi connectivity index (χ2n) is 6.01. The molecular formula is C20H17N3O2S. The highest BCUT2D eigenvalue weighted by Gasteiger charge is 2.20. The van der Waals surface area contributed by atoms with Gasteiger partial charge < -0.3 is 15.3 Å². The van der Waals surface area contributed by atoms with Crippen molar-refractivity contribution in [3.8, 4) is 0 Å². The summed E-state index contributed by atoms with van der Waals surface area (Å²) < 4.78 is 0. The van der Waals surface area contributed by atoms with E-state index in [2.05, 4.69) is 27.4 Å². The summed E-state index contributed by atoms with van der Waals surface area (Å²) in [5, 5.41) is 6.19. The highest BCUT2D eigenvalue weighted by atomic mass is 32.1. The number of carbonyl (C=O) groups is 1. The van der Waals surface area contributed by atoms with Crippen LogP contribution >= 0.6 is 11.3 Å². The number of rotatable bonds is 5. The van der Waals surface area contributed by atoms with Gasteiger partial charge in [0.1, 0.15) is 0 Å². The minimum absolute atomic E-state index is 0.0536. The summed E-state index contributed by atoms with van der Waals surface area (Å²) >= 11 is 1.67. The van der Waals surface area contributed by atoms with Crippen molar-refractivity contribution in [2.45, 2.75) is 5.92 Å². The maximum absolute atomic E-state index is 12.4. The highest BCUT2D eigenvalue weighted by Crippen LogP contribution is 2.32. The van der Waals surface area contributed by atoms with Crippen molar-refractivity contribution < 1.29 is 4.79 Å². The van der Waals surface area contributed by atoms with E-state index in [1.54, 1.807) is 11.3 Å². The van der Waals surface area contributed by atoms with Gasteiger partial charge in [0.2, 0.25) is 5.56 Å². The molecule has 3 aromatic heterocycles. The molecule has 0 aliphatic heterocycles. The van der Waals surface area contributed by atoms with Gasteiger partial charge in [-0.3, -0.25) is 9.59 Å². The van der Waals surface area contributed by atoms with Gasteiger partial charge in [-0.15, -0.1) is 11.3 Å². The van der Waals surface area contributed by atoms with Gasteiger partial charge in [0.15, 0.2) is 0 Å². The summed E-state index contributed by atoms with van der Waals surface area (Å²) in [6.45, 7) is 0.473. The van der Waals surface area contributed by atoms with E-state index in [0.717, 1.165) is 16.5 Å². The van der Waals surface area contributed by atoms with Crippen LogP contribution in [0, 0.1) is 0 Å². The molecule has 0 saturated carbocycles. The van der Waals surface area contributed by atoms with Gasteiger partial charge in [-0.25, -0.2) is 0 Å². The molecule has 4 rings (SSSR count). The Morgan fingerprint density at radius 1 is 1.04 bits per heavy atom. The average Bonchev–Trinajstić information content (AvgIpc) is 3.33. The highest BCUT2D eigenvalue weighted by molar-refractivity contribution is 7.10. The van der Waals surface area contributed by atoms with Crippen LogP contribution in [-0.2, 0) is 0 Å². The number of para-hydroxylation sites is 1. The third-order valence-electron chi connectivity index (χ3n) is 4.40. The summed E-state index contributed by atoms with van der Waals surface area (Å²) in [7, 11) is 0. The number of hydrogen-bond donors (Lipinski definition) is 3. The number of aromatic nitrogens is 2. The van der Waals surface area contributed by atoms with Gasteiger partial charge >= 0.3 is 0 Å². The van der Waals surface area contributed by atoms with Crippen molar-refractivity contribution in [2.75, 3.05) is 6.54 Å². The molecule has 0 saturated heterocycles. The fourth-order valence-corrected chi connectivity index (χ4v) is 3.93. The first-order valence-electron chi connectivity index (χ1n) is 8.29. The van der Waals surface area contributed by atoms with E-state index >= 15 is 0 Å². The predicted molar refractivity (Wildman–Crippen MR) is 104 cm³/mol. The summed E-state index contributed by atoms with van der Waals surface area (Å²) in [4.78, 5) is 30.6. The maximum Gasteiger partial charge on any atom is 0.252 e. The average molecular weight is 363 g/mol. The number of pyridine rings is 1. The fourth-order valence-electron chi connectivity index (χ4n) is 3.08. The maximum atomic E-state index is 12.4. The van der Waals surface area contributed by atoms with Crippen molar-refractivity contribution in [1.82, 2.24) is 15.3 Å². The molecular weight excluding hydrogens is 346 g/mol. The Hall–Kier alpha value is -3.12. The first-order valence-corrected chi connectivity index (χ1v) is 9.16. The molecule has 130 valence electrons. The van der Waals surface area contributed by atoms with Crippen molar-refractivity contribution >= 4 is 28.1 Å². The van der Waals surface area contributed by atoms with Crippen molar-refractivity contribution in [2.24, 2.45) is 0 Å². The predicted octanol–water partition coefficient (Wildman–Crippen LogP) is 3.48. The van der Waals surface area contributed by atoms with Crippen molar-refractivity contribution in [3.63, 3.8) is 0 Å². The van der Waals surface area contributed by atoms with Crippen LogP contribution in [-0.4, -0.2) is 22.4 Å². The molecule has 1 atom stereocenters. The second-order valence-corrected chi connectivity index (χ2v) is 6.99. The lowest BCUT2D eigenvalue weighted by atomic mass is 9.96. The van der Waals surface area contributed by atoms with Gasteiger partial charge in [0.25, 0.3) is 5.91 Å². The molecule has 1 unspecified atom stereocenters. The van der Waals surface area contributed by atoms with E-state index in [1.807, 2.05) is 35.8 Å². The SMILES string of the molecule is O=C(NCC(c1cccs1)c1c[nH]c2ccccc12)c1ccc(=O)[nH]c1. The molecule has 0 aliphatic rings. The fraction of sp³-hybridized carbons (Fsp3) is 0.100. The molecule has 0 aliphatic carbocycles. The monoisotopic (exact) mass is 363 g/mol. The van der Waals surface area contributed by atoms with E-state index in [1.165, 1.54) is 23.2 Å². The second kappa shape index (κ2) is 7.01. The van der Waals surface area contributed by atoms with E-state index in [-0.39, 0.29) is 17.4 Å². The minimum Gasteiger partial charge on any atom is -0.361 e. The first kappa shape index (κ1) is 16.4. The van der Waals surface area contributed by atoms with Gasteiger partial charge in [-0.1, -0.05) is 24.3 Å². The Morgan fingerprint density at radius 3 is 2.69 bits per heavy atom. The molecule has 0 spiro atoms. The van der Waals surface area contributed by atoms with Gasteiger partial charge in [-0.05, 0) is 29.1 Å². The normalized spacial score (nSPS) is 12.2. The third kappa shape index (κ3) is 3.19. The first-order chi connectivity index (χ1) is 12.7. The van der Waals surface area contributed by atoms with Crippen LogP contribution in [0.5, 0.6) is 0 Å². The summed E-state index contributed by atoms with van der Waals surface area (Å²) in [5.41, 5.74) is 2.45. The third-order valence-corrected chi connectivity index (χ3v) is 5.38. The van der Waals surface area contributed by atoms with E-state index in [9.17, 15) is 9.59 Å². The van der Waals surface area contributed by atoms with Gasteiger partial charge in [-0.2, -0.15) is 0 Å². The van der Waals surface area contributed by atoms with Gasteiger partial charge in [0.05, 0.1) is 5.56 Å². The van der Waals surface area contributed by atoms with Crippen LogP contribution in [0.15, 0.2) is 71.1 Å². The van der Waals surface area contributed by atoms with Crippen molar-refractivity contribution in [3.05, 3.63) is 92.7 Å². The molecule has 5 nitrogen and oxygen atoms in total. The topological polar surface area (TPSA) is 77.8 Å². The summed E-state index contributed by atoms with van der Waals surface area (Å²) in [6.07, 6.45) is 3.45. The number of thiophene rings is 1. The zero-order valence-corrected chi connectivity index (χ0v) is 14.7. The molecule has 0 bridgehead atoms. The zero-order valence-electron chi connectivity index (χ0n) is 13.9. The Labute approximate surface area is 153 Å². The van der Waals surface area contributed by atoms with E-state index < -0.39 is 0 Å². The number of fused-ring (bicyclic) bond motifs is 1. The molecule has 4 aromatic rings. The lowest BCUT2D eigenvalue weighted by molar-refractivity contribution is 0.0952. The lowest BCUT2D eigenvalue weighted by Gasteiger charge is -2.16. The number of H-pyrrole nitrogens is 2. The van der Waals surface area contributed by atoms with Crippen LogP contribution in [0.3, 0.4) is 0 Å². The van der Waals surface area contributed by atoms with Crippen LogP contribution in [0.1, 0.15) is 26.7 Å². The van der Waals surface area contributed by atoms with E-state index in [0.29, 0.717) is 12.1 Å². The van der Waals surface area contributed by atoms with Crippen LogP contribution < -0.4 is 10.9 Å². The molecule has 1 amide bonds. The van der Waals surface area contributed by atoms with Crippen LogP contribution in [0.2, 0.25) is 0 Å². The molecule has 1 aromatic carbocycles. The van der Waals surface area contributed by atoms with Crippen LogP contribution in [0.25, 0.3) is 10.9 Å².